The molecule has 1 aliphatic rings. The van der Waals surface area contributed by atoms with Gasteiger partial charge in [-0.05, 0) is 19.6 Å². The van der Waals surface area contributed by atoms with Crippen molar-refractivity contribution in [1.29, 1.82) is 0 Å². The second-order valence-electron chi connectivity index (χ2n) is 4.64. The van der Waals surface area contributed by atoms with Gasteiger partial charge in [0.05, 0.1) is 5.37 Å². The van der Waals surface area contributed by atoms with Gasteiger partial charge in [-0.25, -0.2) is 9.59 Å². The zero-order valence-electron chi connectivity index (χ0n) is 11.6. The van der Waals surface area contributed by atoms with Gasteiger partial charge in [-0.15, -0.1) is 11.8 Å². The fourth-order valence-electron chi connectivity index (χ4n) is 2.07. The van der Waals surface area contributed by atoms with Crippen LogP contribution in [0.3, 0.4) is 0 Å². The summed E-state index contributed by atoms with van der Waals surface area (Å²) in [5.41, 5.74) is 0. The summed E-state index contributed by atoms with van der Waals surface area (Å²) in [5.74, 6) is 0.381. The molecule has 1 aliphatic heterocycles. The second kappa shape index (κ2) is 7.89. The highest BCUT2D eigenvalue weighted by atomic mass is 32.2. The summed E-state index contributed by atoms with van der Waals surface area (Å²) in [5, 5.41) is 12.1. The predicted octanol–water partition coefficient (Wildman–Crippen LogP) is 2.08. The van der Waals surface area contributed by atoms with Gasteiger partial charge < -0.3 is 10.4 Å². The molecular formula is C12H22N2O3S2. The zero-order valence-corrected chi connectivity index (χ0v) is 13.2. The molecule has 2 amide bonds. The fraction of sp³-hybridized carbons (Fsp3) is 0.833. The molecule has 0 aromatic rings. The number of hydrogen-bond donors (Lipinski definition) is 2. The normalized spacial score (nSPS) is 24.3. The van der Waals surface area contributed by atoms with E-state index in [0.29, 0.717) is 5.75 Å². The lowest BCUT2D eigenvalue weighted by molar-refractivity contribution is -0.141. The van der Waals surface area contributed by atoms with Gasteiger partial charge in [0.15, 0.2) is 0 Å². The van der Waals surface area contributed by atoms with Crippen molar-refractivity contribution in [3.05, 3.63) is 0 Å². The molecule has 0 aromatic heterocycles. The Morgan fingerprint density at radius 1 is 1.58 bits per heavy atom. The van der Waals surface area contributed by atoms with Crippen molar-refractivity contribution in [3.63, 3.8) is 0 Å². The first kappa shape index (κ1) is 16.5. The Hall–Kier alpha value is -0.560. The van der Waals surface area contributed by atoms with Crippen LogP contribution in [-0.4, -0.2) is 57.2 Å². The van der Waals surface area contributed by atoms with Gasteiger partial charge in [-0.1, -0.05) is 13.3 Å². The van der Waals surface area contributed by atoms with Crippen molar-refractivity contribution in [3.8, 4) is 0 Å². The van der Waals surface area contributed by atoms with Gasteiger partial charge >= 0.3 is 12.0 Å². The number of rotatable bonds is 6. The smallest absolute Gasteiger partial charge is 0.327 e. The van der Waals surface area contributed by atoms with Gasteiger partial charge in [-0.2, -0.15) is 11.8 Å². The lowest BCUT2D eigenvalue weighted by atomic mass is 10.2. The van der Waals surface area contributed by atoms with Gasteiger partial charge in [0, 0.05) is 17.5 Å². The van der Waals surface area contributed by atoms with E-state index in [0.717, 1.165) is 18.6 Å². The molecule has 1 rings (SSSR count). The third kappa shape index (κ3) is 4.49. The van der Waals surface area contributed by atoms with E-state index in [-0.39, 0.29) is 17.4 Å². The van der Waals surface area contributed by atoms with E-state index in [9.17, 15) is 14.7 Å². The van der Waals surface area contributed by atoms with Crippen molar-refractivity contribution >= 4 is 35.5 Å². The summed E-state index contributed by atoms with van der Waals surface area (Å²) >= 11 is 3.22. The third-order valence-electron chi connectivity index (χ3n) is 2.93. The average molecular weight is 306 g/mol. The van der Waals surface area contributed by atoms with Crippen LogP contribution in [0, 0.1) is 0 Å². The van der Waals surface area contributed by atoms with E-state index >= 15 is 0 Å². The maximum absolute atomic E-state index is 12.3. The highest BCUT2D eigenvalue weighted by molar-refractivity contribution is 8.00. The molecule has 19 heavy (non-hydrogen) atoms. The molecule has 3 unspecified atom stereocenters. The van der Waals surface area contributed by atoms with E-state index < -0.39 is 12.0 Å². The topological polar surface area (TPSA) is 69.6 Å². The predicted molar refractivity (Wildman–Crippen MR) is 80.8 cm³/mol. The molecule has 0 bridgehead atoms. The van der Waals surface area contributed by atoms with Gasteiger partial charge in [0.25, 0.3) is 0 Å². The molecule has 0 aliphatic carbocycles. The molecule has 0 aromatic carbocycles. The highest BCUT2D eigenvalue weighted by Gasteiger charge is 2.41. The third-order valence-corrected chi connectivity index (χ3v) is 5.12. The minimum atomic E-state index is -0.918. The second-order valence-corrected chi connectivity index (χ2v) is 6.77. The van der Waals surface area contributed by atoms with Crippen LogP contribution in [-0.2, 0) is 4.79 Å². The van der Waals surface area contributed by atoms with E-state index in [1.54, 1.807) is 23.5 Å². The Labute approximate surface area is 122 Å². The monoisotopic (exact) mass is 306 g/mol. The Morgan fingerprint density at radius 3 is 2.79 bits per heavy atom. The maximum Gasteiger partial charge on any atom is 0.327 e. The van der Waals surface area contributed by atoms with Crippen LogP contribution in [0.1, 0.15) is 26.7 Å². The summed E-state index contributed by atoms with van der Waals surface area (Å²) in [7, 11) is 0. The zero-order chi connectivity index (χ0) is 14.4. The van der Waals surface area contributed by atoms with Crippen LogP contribution in [0.5, 0.6) is 0 Å². The standard InChI is InChI=1S/C12H22N2O3S2/c1-4-5-10-14(9(7-19-10)11(15)16)12(17)13-8(2)6-18-3/h8-10H,4-7H2,1-3H3,(H,13,17)(H,15,16). The van der Waals surface area contributed by atoms with Crippen molar-refractivity contribution in [1.82, 2.24) is 10.2 Å². The molecule has 0 saturated carbocycles. The van der Waals surface area contributed by atoms with Crippen LogP contribution in [0.15, 0.2) is 0 Å². The van der Waals surface area contributed by atoms with Crippen molar-refractivity contribution in [2.75, 3.05) is 17.8 Å². The lowest BCUT2D eigenvalue weighted by Gasteiger charge is -2.28. The Morgan fingerprint density at radius 2 is 2.26 bits per heavy atom. The molecular weight excluding hydrogens is 284 g/mol. The molecule has 0 radical (unpaired) electrons. The first-order valence-electron chi connectivity index (χ1n) is 6.43. The molecule has 1 saturated heterocycles. The van der Waals surface area contributed by atoms with Crippen LogP contribution < -0.4 is 5.32 Å². The highest BCUT2D eigenvalue weighted by Crippen LogP contribution is 2.32. The first-order valence-corrected chi connectivity index (χ1v) is 8.87. The number of nitrogens with one attached hydrogen (secondary N) is 1. The van der Waals surface area contributed by atoms with Crippen molar-refractivity contribution < 1.29 is 14.7 Å². The van der Waals surface area contributed by atoms with Gasteiger partial charge in [-0.3, -0.25) is 4.90 Å². The maximum atomic E-state index is 12.3. The fourth-order valence-corrected chi connectivity index (χ4v) is 4.17. The number of carboxylic acid groups (broad SMARTS) is 1. The van der Waals surface area contributed by atoms with Crippen LogP contribution >= 0.6 is 23.5 Å². The van der Waals surface area contributed by atoms with E-state index in [4.69, 9.17) is 0 Å². The Kier molecular flexibility index (Phi) is 6.85. The summed E-state index contributed by atoms with van der Waals surface area (Å²) in [6.45, 7) is 3.98. The van der Waals surface area contributed by atoms with Crippen LogP contribution in [0.25, 0.3) is 0 Å². The Balaban J connectivity index is 2.71. The number of hydrogen-bond acceptors (Lipinski definition) is 4. The molecule has 1 fully saturated rings. The molecule has 7 heteroatoms. The Bertz CT molecular complexity index is 328. The number of amides is 2. The molecule has 5 nitrogen and oxygen atoms in total. The number of urea groups is 1. The summed E-state index contributed by atoms with van der Waals surface area (Å²) in [6.07, 6.45) is 3.75. The van der Waals surface area contributed by atoms with Crippen molar-refractivity contribution in [2.24, 2.45) is 0 Å². The number of thioether (sulfide) groups is 2. The van der Waals surface area contributed by atoms with E-state index in [1.165, 1.54) is 4.90 Å². The van der Waals surface area contributed by atoms with Crippen LogP contribution in [0.2, 0.25) is 0 Å². The lowest BCUT2D eigenvalue weighted by Crippen LogP contribution is -2.52. The van der Waals surface area contributed by atoms with Crippen molar-refractivity contribution in [2.45, 2.75) is 44.1 Å². The molecule has 110 valence electrons. The molecule has 1 heterocycles. The number of nitrogens with zero attached hydrogens (tertiary/aromatic N) is 1. The summed E-state index contributed by atoms with van der Waals surface area (Å²) in [4.78, 5) is 25.0. The largest absolute Gasteiger partial charge is 0.480 e. The summed E-state index contributed by atoms with van der Waals surface area (Å²) < 4.78 is 0. The quantitative estimate of drug-likeness (QED) is 0.786. The SMILES string of the molecule is CCCC1SCC(C(=O)O)N1C(=O)NC(C)CSC. The number of carboxylic acids is 1. The van der Waals surface area contributed by atoms with E-state index in [2.05, 4.69) is 5.32 Å². The number of carbonyl (C=O) groups is 2. The number of carbonyl (C=O) groups excluding carboxylic acids is 1. The van der Waals surface area contributed by atoms with E-state index in [1.807, 2.05) is 20.1 Å². The minimum Gasteiger partial charge on any atom is -0.480 e. The first-order chi connectivity index (χ1) is 9.01. The van der Waals surface area contributed by atoms with Crippen LogP contribution in [0.4, 0.5) is 4.79 Å². The average Bonchev–Trinajstić information content (AvgIpc) is 2.73. The summed E-state index contributed by atoms with van der Waals surface area (Å²) in [6, 6.07) is -0.912. The van der Waals surface area contributed by atoms with Gasteiger partial charge in [0.1, 0.15) is 6.04 Å². The minimum absolute atomic E-state index is 0.0208. The van der Waals surface area contributed by atoms with Gasteiger partial charge in [0.2, 0.25) is 0 Å². The number of aliphatic carboxylic acids is 1. The molecule has 2 N–H and O–H groups in total. The molecule has 3 atom stereocenters. The molecule has 0 spiro atoms.